The number of amides is 5. The molecule has 0 fully saturated rings. The van der Waals surface area contributed by atoms with Crippen molar-refractivity contribution in [2.45, 2.75) is 123 Å². The number of hydrogen-bond donors (Lipinski definition) is 10. The average Bonchev–Trinajstić information content (AvgIpc) is 3.67. The highest BCUT2D eigenvalue weighted by molar-refractivity contribution is 7.90. The number of carbonyl (C=O) groups excluding carboxylic acids is 5. The minimum atomic E-state index is -4.14. The highest BCUT2D eigenvalue weighted by atomic mass is 32.2. The van der Waals surface area contributed by atoms with Crippen LogP contribution in [0.25, 0.3) is 0 Å². The largest absolute Gasteiger partial charge is 0.480 e. The van der Waals surface area contributed by atoms with Gasteiger partial charge in [-0.05, 0) is 69.4 Å². The fourth-order valence-electron chi connectivity index (χ4n) is 6.70. The second-order valence-corrected chi connectivity index (χ2v) is 18.5. The summed E-state index contributed by atoms with van der Waals surface area (Å²) in [5.74, 6) is -7.72. The predicted octanol–water partition coefficient (Wildman–Crippen LogP) is -1.39. The lowest BCUT2D eigenvalue weighted by Crippen LogP contribution is -2.44. The third kappa shape index (κ3) is 27.0. The summed E-state index contributed by atoms with van der Waals surface area (Å²) in [6.45, 7) is 8.11. The second-order valence-electron chi connectivity index (χ2n) is 16.7. The second kappa shape index (κ2) is 29.2. The number of nitrogens with one attached hydrogen (secondary N) is 7. The molecule has 0 aromatic carbocycles. The third-order valence-electron chi connectivity index (χ3n) is 9.27. The summed E-state index contributed by atoms with van der Waals surface area (Å²) in [6, 6.07) is -4.08. The lowest BCUT2D eigenvalue weighted by atomic mass is 9.71. The monoisotopic (exact) mass is 934 g/mol. The first-order valence-corrected chi connectivity index (χ1v) is 22.5. The molecule has 0 aliphatic carbocycles. The molecule has 0 saturated heterocycles. The lowest BCUT2D eigenvalue weighted by Gasteiger charge is -2.34. The average molecular weight is 935 g/mol. The molecule has 364 valence electrons. The van der Waals surface area contributed by atoms with Crippen LogP contribution in [0.4, 0.5) is 0 Å². The summed E-state index contributed by atoms with van der Waals surface area (Å²) >= 11 is 0. The van der Waals surface area contributed by atoms with Gasteiger partial charge in [0.25, 0.3) is 0 Å². The molecule has 5 amide bonds. The zero-order chi connectivity index (χ0) is 48.3. The molecule has 3 atom stereocenters. The van der Waals surface area contributed by atoms with E-state index in [0.717, 1.165) is 13.0 Å². The first-order valence-electron chi connectivity index (χ1n) is 20.8. The summed E-state index contributed by atoms with van der Waals surface area (Å²) in [5.41, 5.74) is -0.944. The van der Waals surface area contributed by atoms with Crippen molar-refractivity contribution in [1.29, 1.82) is 0 Å². The summed E-state index contributed by atoms with van der Waals surface area (Å²) in [4.78, 5) is 96.8. The Labute approximate surface area is 372 Å². The van der Waals surface area contributed by atoms with E-state index < -0.39 is 106 Å². The van der Waals surface area contributed by atoms with Crippen molar-refractivity contribution in [2.75, 3.05) is 52.3 Å². The Morgan fingerprint density at radius 3 is 1.81 bits per heavy atom. The van der Waals surface area contributed by atoms with Crippen LogP contribution < -0.4 is 31.3 Å². The maximum Gasteiger partial charge on any atom is 0.326 e. The normalized spacial score (nSPS) is 13.2. The van der Waals surface area contributed by atoms with E-state index in [9.17, 15) is 62.1 Å². The van der Waals surface area contributed by atoms with Gasteiger partial charge < -0.3 is 51.4 Å². The van der Waals surface area contributed by atoms with Crippen molar-refractivity contribution < 1.29 is 71.6 Å². The highest BCUT2D eigenvalue weighted by Crippen LogP contribution is 2.38. The summed E-state index contributed by atoms with van der Waals surface area (Å²) in [5, 5.41) is 54.5. The van der Waals surface area contributed by atoms with Gasteiger partial charge in [-0.1, -0.05) is 32.9 Å². The number of hydrogen-bond acceptors (Lipinski definition) is 16. The number of rotatable bonds is 36. The summed E-state index contributed by atoms with van der Waals surface area (Å²) in [7, 11) is -2.35. The van der Waals surface area contributed by atoms with Crippen molar-refractivity contribution in [1.82, 2.24) is 51.9 Å². The quantitative estimate of drug-likeness (QED) is 0.0346. The molecule has 26 heteroatoms. The van der Waals surface area contributed by atoms with Gasteiger partial charge in [0.1, 0.15) is 24.7 Å². The molecule has 1 rings (SSSR count). The van der Waals surface area contributed by atoms with Crippen LogP contribution in [0.3, 0.4) is 0 Å². The van der Waals surface area contributed by atoms with Crippen molar-refractivity contribution in [2.24, 2.45) is 10.8 Å². The smallest absolute Gasteiger partial charge is 0.326 e. The van der Waals surface area contributed by atoms with Crippen LogP contribution in [-0.4, -0.2) is 162 Å². The molecule has 25 nitrogen and oxygen atoms in total. The molecular weight excluding hydrogens is 869 g/mol. The molecule has 0 bridgehead atoms. The number of aromatic nitrogens is 4. The van der Waals surface area contributed by atoms with E-state index in [0.29, 0.717) is 25.1 Å². The van der Waals surface area contributed by atoms with Crippen molar-refractivity contribution in [3.05, 3.63) is 5.82 Å². The molecule has 0 spiro atoms. The number of carboxylic acid groups (broad SMARTS) is 3. The standard InChI is InChI=1S/C38H66N10O15S/c1-37(2,21-28-44-47-48-45-28)24-38(3,4)22-32(52)46-64(60,61)20-8-10-30(50)41-27(36(58)59)12-14-31(51)42-26(35(56)57)11-13-29(49)40-16-17-62-18-19-63-23-33(53)43-25(34(54)55)9-6-7-15-39-5/h25-27,39H,6-24H2,1-5H3,(H,40,49)(H,41,50)(H,42,51)(H,43,53)(H,46,52)(H,54,55)(H,56,57)(H,58,59)(H,44,45,47,48). The highest BCUT2D eigenvalue weighted by Gasteiger charge is 2.33. The van der Waals surface area contributed by atoms with E-state index in [1.165, 1.54) is 0 Å². The van der Waals surface area contributed by atoms with Crippen molar-refractivity contribution in [3.8, 4) is 0 Å². The van der Waals surface area contributed by atoms with Gasteiger partial charge >= 0.3 is 17.9 Å². The van der Waals surface area contributed by atoms with Gasteiger partial charge in [-0.2, -0.15) is 5.21 Å². The number of tetrazole rings is 1. The van der Waals surface area contributed by atoms with Crippen LogP contribution in [0, 0.1) is 10.8 Å². The number of carboxylic acids is 3. The van der Waals surface area contributed by atoms with Gasteiger partial charge in [0.15, 0.2) is 5.82 Å². The van der Waals surface area contributed by atoms with Gasteiger partial charge in [-0.3, -0.25) is 28.7 Å². The first kappa shape index (κ1) is 56.7. The predicted molar refractivity (Wildman–Crippen MR) is 225 cm³/mol. The van der Waals surface area contributed by atoms with Crippen LogP contribution in [0.15, 0.2) is 0 Å². The van der Waals surface area contributed by atoms with Crippen LogP contribution in [-0.2, 0) is 64.3 Å². The Hall–Kier alpha value is -5.34. The lowest BCUT2D eigenvalue weighted by molar-refractivity contribution is -0.143. The topological polar surface area (TPSA) is 376 Å². The van der Waals surface area contributed by atoms with E-state index in [2.05, 4.69) is 47.2 Å². The molecule has 0 aliphatic heterocycles. The Morgan fingerprint density at radius 1 is 0.672 bits per heavy atom. The number of H-pyrrole nitrogens is 1. The fourth-order valence-corrected chi connectivity index (χ4v) is 7.75. The number of carbonyl (C=O) groups is 8. The van der Waals surface area contributed by atoms with Gasteiger partial charge in [0, 0.05) is 38.6 Å². The van der Waals surface area contributed by atoms with Crippen LogP contribution >= 0.6 is 0 Å². The summed E-state index contributed by atoms with van der Waals surface area (Å²) < 4.78 is 37.7. The van der Waals surface area contributed by atoms with Crippen molar-refractivity contribution >= 4 is 57.5 Å². The Kier molecular flexibility index (Phi) is 25.8. The van der Waals surface area contributed by atoms with E-state index in [-0.39, 0.29) is 70.5 Å². The van der Waals surface area contributed by atoms with Gasteiger partial charge in [-0.15, -0.1) is 10.2 Å². The van der Waals surface area contributed by atoms with E-state index in [4.69, 9.17) is 9.47 Å². The molecule has 1 aromatic heterocycles. The molecule has 1 aromatic rings. The molecule has 0 aliphatic rings. The molecule has 0 radical (unpaired) electrons. The van der Waals surface area contributed by atoms with Gasteiger partial charge in [0.05, 0.1) is 25.6 Å². The Bertz CT molecular complexity index is 1780. The van der Waals surface area contributed by atoms with Gasteiger partial charge in [0.2, 0.25) is 39.6 Å². The van der Waals surface area contributed by atoms with Crippen molar-refractivity contribution in [3.63, 3.8) is 0 Å². The third-order valence-corrected chi connectivity index (χ3v) is 10.6. The minimum Gasteiger partial charge on any atom is -0.480 e. The van der Waals surface area contributed by atoms with E-state index >= 15 is 0 Å². The van der Waals surface area contributed by atoms with E-state index in [1.54, 1.807) is 7.05 Å². The number of sulfonamides is 1. The summed E-state index contributed by atoms with van der Waals surface area (Å²) in [6.07, 6.45) is 0.333. The van der Waals surface area contributed by atoms with Crippen LogP contribution in [0.2, 0.25) is 0 Å². The fraction of sp³-hybridized carbons (Fsp3) is 0.763. The van der Waals surface area contributed by atoms with Gasteiger partial charge in [-0.25, -0.2) is 22.8 Å². The molecule has 3 unspecified atom stereocenters. The zero-order valence-corrected chi connectivity index (χ0v) is 38.0. The molecular formula is C38H66N10O15S. The molecule has 10 N–H and O–H groups in total. The molecule has 0 saturated carbocycles. The number of unbranched alkanes of at least 4 members (excludes halogenated alkanes) is 1. The SMILES string of the molecule is CNCCCCC(NC(=O)COCCOCCNC(=O)CCC(NC(=O)CCC(NC(=O)CCCS(=O)(=O)NC(=O)CC(C)(C)CC(C)(C)Cc1nn[nH]n1)C(=O)O)C(=O)O)C(=O)O. The van der Waals surface area contributed by atoms with Crippen LogP contribution in [0.1, 0.15) is 104 Å². The van der Waals surface area contributed by atoms with E-state index in [1.807, 2.05) is 32.4 Å². The number of nitrogens with zero attached hydrogens (tertiary/aromatic N) is 3. The number of aromatic amines is 1. The zero-order valence-electron chi connectivity index (χ0n) is 37.2. The van der Waals surface area contributed by atoms with Crippen LogP contribution in [0.5, 0.6) is 0 Å². The Balaban J connectivity index is 2.36. The molecule has 1 heterocycles. The minimum absolute atomic E-state index is 0.0149. The Morgan fingerprint density at radius 2 is 1.23 bits per heavy atom. The molecule has 64 heavy (non-hydrogen) atoms. The maximum absolute atomic E-state index is 12.7. The maximum atomic E-state index is 12.7. The number of aliphatic carboxylic acids is 3. The first-order chi connectivity index (χ1) is 29.9. The number of ether oxygens (including phenoxy) is 2.